The lowest BCUT2D eigenvalue weighted by atomic mass is 10.1. The molecule has 5 nitrogen and oxygen atoms in total. The van der Waals surface area contributed by atoms with E-state index in [-0.39, 0.29) is 6.04 Å². The van der Waals surface area contributed by atoms with Crippen molar-refractivity contribution in [1.29, 1.82) is 0 Å². The third-order valence-corrected chi connectivity index (χ3v) is 2.82. The molecule has 2 aromatic heterocycles. The van der Waals surface area contributed by atoms with Crippen molar-refractivity contribution in [3.8, 4) is 0 Å². The summed E-state index contributed by atoms with van der Waals surface area (Å²) < 4.78 is 5.05. The van der Waals surface area contributed by atoms with Gasteiger partial charge >= 0.3 is 0 Å². The minimum Gasteiger partial charge on any atom is -0.340 e. The molecule has 1 fully saturated rings. The van der Waals surface area contributed by atoms with Crippen LogP contribution in [0.3, 0.4) is 0 Å². The van der Waals surface area contributed by atoms with Crippen LogP contribution in [0.4, 0.5) is 0 Å². The summed E-state index contributed by atoms with van der Waals surface area (Å²) in [6, 6.07) is 4.53. The number of aromatic nitrogens is 3. The molecule has 17 heavy (non-hydrogen) atoms. The van der Waals surface area contributed by atoms with E-state index in [1.807, 2.05) is 12.1 Å². The van der Waals surface area contributed by atoms with E-state index in [1.54, 1.807) is 19.3 Å². The summed E-state index contributed by atoms with van der Waals surface area (Å²) in [5.74, 6) is 1.29. The molecule has 2 aromatic rings. The molecule has 88 valence electrons. The number of rotatable bonds is 4. The zero-order valence-corrected chi connectivity index (χ0v) is 9.63. The molecule has 0 unspecified atom stereocenters. The Kier molecular flexibility index (Phi) is 2.60. The van der Waals surface area contributed by atoms with Gasteiger partial charge in [0.25, 0.3) is 0 Å². The highest BCUT2D eigenvalue weighted by Crippen LogP contribution is 2.27. The fraction of sp³-hybridized carbons (Fsp3) is 0.417. The lowest BCUT2D eigenvalue weighted by molar-refractivity contribution is 0.381. The molecule has 0 aromatic carbocycles. The molecule has 0 amide bonds. The number of hydrogen-bond acceptors (Lipinski definition) is 5. The first-order valence-corrected chi connectivity index (χ1v) is 5.79. The molecular weight excluding hydrogens is 216 g/mol. The van der Waals surface area contributed by atoms with Crippen molar-refractivity contribution in [3.05, 3.63) is 41.8 Å². The van der Waals surface area contributed by atoms with Crippen molar-refractivity contribution in [1.82, 2.24) is 20.4 Å². The Morgan fingerprint density at radius 1 is 1.35 bits per heavy atom. The van der Waals surface area contributed by atoms with Gasteiger partial charge in [-0.05, 0) is 30.5 Å². The highest BCUT2D eigenvalue weighted by molar-refractivity contribution is 5.22. The van der Waals surface area contributed by atoms with Gasteiger partial charge in [-0.25, -0.2) is 0 Å². The molecule has 1 aliphatic rings. The number of pyridine rings is 1. The van der Waals surface area contributed by atoms with Crippen LogP contribution in [0.2, 0.25) is 0 Å². The number of hydrogen-bond donors (Lipinski definition) is 1. The number of nitrogens with zero attached hydrogens (tertiary/aromatic N) is 3. The van der Waals surface area contributed by atoms with Crippen LogP contribution < -0.4 is 5.32 Å². The van der Waals surface area contributed by atoms with E-state index in [2.05, 4.69) is 20.4 Å². The molecule has 0 spiro atoms. The van der Waals surface area contributed by atoms with Crippen LogP contribution in [-0.2, 0) is 0 Å². The Morgan fingerprint density at radius 3 is 2.71 bits per heavy atom. The summed E-state index contributed by atoms with van der Waals surface area (Å²) in [5, 5.41) is 7.53. The van der Waals surface area contributed by atoms with Gasteiger partial charge in [-0.15, -0.1) is 0 Å². The van der Waals surface area contributed by atoms with Crippen molar-refractivity contribution < 1.29 is 4.52 Å². The molecule has 1 aliphatic carbocycles. The van der Waals surface area contributed by atoms with Crippen molar-refractivity contribution in [2.45, 2.75) is 31.8 Å². The molecule has 1 N–H and O–H groups in total. The second-order valence-corrected chi connectivity index (χ2v) is 4.33. The summed E-state index contributed by atoms with van der Waals surface area (Å²) >= 11 is 0. The van der Waals surface area contributed by atoms with Crippen LogP contribution in [0.25, 0.3) is 0 Å². The SMILES string of the molecule is Cc1nc([C@H](NC2CC2)c2ccncc2)no1. The predicted molar refractivity (Wildman–Crippen MR) is 61.3 cm³/mol. The highest BCUT2D eigenvalue weighted by Gasteiger charge is 2.28. The molecule has 5 heteroatoms. The monoisotopic (exact) mass is 230 g/mol. The smallest absolute Gasteiger partial charge is 0.223 e. The second kappa shape index (κ2) is 4.25. The maximum atomic E-state index is 5.05. The van der Waals surface area contributed by atoms with E-state index in [0.717, 1.165) is 5.56 Å². The molecule has 1 atom stereocenters. The first-order valence-electron chi connectivity index (χ1n) is 5.79. The normalized spacial score (nSPS) is 17.0. The molecule has 1 saturated carbocycles. The summed E-state index contributed by atoms with van der Waals surface area (Å²) in [7, 11) is 0. The van der Waals surface area contributed by atoms with E-state index in [0.29, 0.717) is 17.8 Å². The van der Waals surface area contributed by atoms with E-state index >= 15 is 0 Å². The third kappa shape index (κ3) is 2.34. The second-order valence-electron chi connectivity index (χ2n) is 4.33. The van der Waals surface area contributed by atoms with Gasteiger partial charge in [-0.1, -0.05) is 5.16 Å². The van der Waals surface area contributed by atoms with E-state index in [4.69, 9.17) is 4.52 Å². The Hall–Kier alpha value is -1.75. The van der Waals surface area contributed by atoms with Crippen LogP contribution in [0.15, 0.2) is 29.0 Å². The van der Waals surface area contributed by atoms with E-state index in [1.165, 1.54) is 12.8 Å². The largest absolute Gasteiger partial charge is 0.340 e. The van der Waals surface area contributed by atoms with Crippen molar-refractivity contribution in [3.63, 3.8) is 0 Å². The minimum absolute atomic E-state index is 0.00273. The Balaban J connectivity index is 1.91. The first-order chi connectivity index (χ1) is 8.33. The standard InChI is InChI=1S/C12H14N4O/c1-8-14-12(16-17-8)11(15-10-2-3-10)9-4-6-13-7-5-9/h4-7,10-11,15H,2-3H2,1H3/t11-/m1/s1. The molecule has 0 bridgehead atoms. The fourth-order valence-electron chi connectivity index (χ4n) is 1.79. The lowest BCUT2D eigenvalue weighted by Crippen LogP contribution is -2.25. The summed E-state index contributed by atoms with van der Waals surface area (Å²) in [4.78, 5) is 8.34. The maximum Gasteiger partial charge on any atom is 0.223 e. The summed E-state index contributed by atoms with van der Waals surface area (Å²) in [5.41, 5.74) is 1.12. The van der Waals surface area contributed by atoms with Gasteiger partial charge in [0.15, 0.2) is 5.82 Å². The Labute approximate surface area is 99.3 Å². The summed E-state index contributed by atoms with van der Waals surface area (Å²) in [6.45, 7) is 1.80. The molecule has 0 radical (unpaired) electrons. The third-order valence-electron chi connectivity index (χ3n) is 2.82. The van der Waals surface area contributed by atoms with Crippen LogP contribution in [-0.4, -0.2) is 21.2 Å². The Morgan fingerprint density at radius 2 is 2.12 bits per heavy atom. The topological polar surface area (TPSA) is 63.8 Å². The maximum absolute atomic E-state index is 5.05. The van der Waals surface area contributed by atoms with Gasteiger partial charge in [-0.2, -0.15) is 4.98 Å². The first kappa shape index (κ1) is 10.4. The van der Waals surface area contributed by atoms with Crippen LogP contribution >= 0.6 is 0 Å². The van der Waals surface area contributed by atoms with Crippen molar-refractivity contribution >= 4 is 0 Å². The molecule has 0 aliphatic heterocycles. The van der Waals surface area contributed by atoms with Gasteiger partial charge in [0.2, 0.25) is 5.89 Å². The number of nitrogens with one attached hydrogen (secondary N) is 1. The molecular formula is C12H14N4O. The Bertz CT molecular complexity index is 492. The molecule has 3 rings (SSSR count). The van der Waals surface area contributed by atoms with Gasteiger partial charge in [0.05, 0.1) is 6.04 Å². The molecule has 0 saturated heterocycles. The van der Waals surface area contributed by atoms with Gasteiger partial charge in [0, 0.05) is 25.4 Å². The molecule has 2 heterocycles. The number of aryl methyl sites for hydroxylation is 1. The summed E-state index contributed by atoms with van der Waals surface area (Å²) in [6.07, 6.45) is 6.00. The zero-order valence-electron chi connectivity index (χ0n) is 9.63. The van der Waals surface area contributed by atoms with Crippen molar-refractivity contribution in [2.24, 2.45) is 0 Å². The predicted octanol–water partition coefficient (Wildman–Crippen LogP) is 1.61. The zero-order chi connectivity index (χ0) is 11.7. The fourth-order valence-corrected chi connectivity index (χ4v) is 1.79. The average Bonchev–Trinajstić information content (AvgIpc) is 3.08. The van der Waals surface area contributed by atoms with Crippen LogP contribution in [0.5, 0.6) is 0 Å². The minimum atomic E-state index is 0.00273. The van der Waals surface area contributed by atoms with Crippen LogP contribution in [0.1, 0.15) is 36.2 Å². The van der Waals surface area contributed by atoms with E-state index in [9.17, 15) is 0 Å². The van der Waals surface area contributed by atoms with Gasteiger partial charge < -0.3 is 9.84 Å². The lowest BCUT2D eigenvalue weighted by Gasteiger charge is -2.14. The van der Waals surface area contributed by atoms with E-state index < -0.39 is 0 Å². The highest BCUT2D eigenvalue weighted by atomic mass is 16.5. The van der Waals surface area contributed by atoms with Crippen LogP contribution in [0, 0.1) is 6.92 Å². The van der Waals surface area contributed by atoms with Crippen molar-refractivity contribution in [2.75, 3.05) is 0 Å². The quantitative estimate of drug-likeness (QED) is 0.864. The average molecular weight is 230 g/mol. The van der Waals surface area contributed by atoms with Gasteiger partial charge in [-0.3, -0.25) is 4.98 Å². The van der Waals surface area contributed by atoms with Gasteiger partial charge in [0.1, 0.15) is 0 Å².